The van der Waals surface area contributed by atoms with E-state index >= 15 is 0 Å². The Morgan fingerprint density at radius 3 is 2.30 bits per heavy atom. The molecule has 0 amide bonds. The number of nitrogens with one attached hydrogen (secondary N) is 1. The molecule has 0 heterocycles. The van der Waals surface area contributed by atoms with E-state index in [4.69, 9.17) is 0 Å². The number of carboxylic acids is 1. The highest BCUT2D eigenvalue weighted by atomic mass is 16.4. The van der Waals surface area contributed by atoms with Crippen molar-refractivity contribution in [1.82, 2.24) is 10.2 Å². The lowest BCUT2D eigenvalue weighted by Gasteiger charge is -2.27. The zero-order chi connectivity index (χ0) is 15.1. The van der Waals surface area contributed by atoms with Gasteiger partial charge in [-0.05, 0) is 32.0 Å². The Morgan fingerprint density at radius 1 is 1.25 bits per heavy atom. The molecule has 1 rings (SSSR count). The normalized spacial score (nSPS) is 14.5. The van der Waals surface area contributed by atoms with Crippen molar-refractivity contribution in [1.29, 1.82) is 0 Å². The summed E-state index contributed by atoms with van der Waals surface area (Å²) in [6, 6.07) is 8.86. The molecule has 2 atom stereocenters. The number of likely N-dealkylation sites (N-methyl/N-ethyl adjacent to an activating group) is 1. The highest BCUT2D eigenvalue weighted by Gasteiger charge is 2.24. The van der Waals surface area contributed by atoms with Crippen LogP contribution in [-0.2, 0) is 4.79 Å². The van der Waals surface area contributed by atoms with E-state index in [9.17, 15) is 9.90 Å². The van der Waals surface area contributed by atoms with Gasteiger partial charge in [-0.2, -0.15) is 0 Å². The summed E-state index contributed by atoms with van der Waals surface area (Å²) in [6.45, 7) is 5.14. The summed E-state index contributed by atoms with van der Waals surface area (Å²) in [5.74, 6) is -0.304. The molecule has 112 valence electrons. The van der Waals surface area contributed by atoms with Gasteiger partial charge in [0.1, 0.15) is 6.04 Å². The number of hydrogen-bond acceptors (Lipinski definition) is 3. The summed E-state index contributed by atoms with van der Waals surface area (Å²) in [6.07, 6.45) is 0.953. The van der Waals surface area contributed by atoms with E-state index in [2.05, 4.69) is 24.1 Å². The number of hydrogen-bond donors (Lipinski definition) is 2. The molecule has 4 nitrogen and oxygen atoms in total. The number of nitrogens with zero attached hydrogens (tertiary/aromatic N) is 1. The molecule has 2 N–H and O–H groups in total. The summed E-state index contributed by atoms with van der Waals surface area (Å²) in [4.78, 5) is 13.6. The lowest BCUT2D eigenvalue weighted by atomic mass is 10.00. The van der Waals surface area contributed by atoms with E-state index in [1.807, 2.05) is 44.4 Å². The maximum atomic E-state index is 11.5. The minimum absolute atomic E-state index is 0.159. The van der Waals surface area contributed by atoms with Crippen LogP contribution in [0, 0.1) is 5.92 Å². The lowest BCUT2D eigenvalue weighted by Crippen LogP contribution is -2.43. The molecule has 2 unspecified atom stereocenters. The Balaban J connectivity index is 2.83. The van der Waals surface area contributed by atoms with Crippen molar-refractivity contribution in [3.63, 3.8) is 0 Å². The van der Waals surface area contributed by atoms with E-state index in [1.54, 1.807) is 0 Å². The van der Waals surface area contributed by atoms with Crippen molar-refractivity contribution < 1.29 is 9.90 Å². The molecule has 0 spiro atoms. The van der Waals surface area contributed by atoms with Crippen molar-refractivity contribution in [3.05, 3.63) is 35.9 Å². The number of rotatable bonds is 8. The molecule has 0 radical (unpaired) electrons. The van der Waals surface area contributed by atoms with Gasteiger partial charge in [-0.1, -0.05) is 44.2 Å². The molecular weight excluding hydrogens is 252 g/mol. The van der Waals surface area contributed by atoms with Gasteiger partial charge in [0.25, 0.3) is 0 Å². The summed E-state index contributed by atoms with van der Waals surface area (Å²) in [7, 11) is 4.01. The first-order chi connectivity index (χ1) is 9.40. The van der Waals surface area contributed by atoms with Crippen LogP contribution < -0.4 is 5.32 Å². The molecule has 0 aliphatic carbocycles. The second-order valence-corrected chi connectivity index (χ2v) is 5.94. The van der Waals surface area contributed by atoms with Gasteiger partial charge in [0.15, 0.2) is 0 Å². The molecule has 20 heavy (non-hydrogen) atoms. The predicted molar refractivity (Wildman–Crippen MR) is 81.8 cm³/mol. The number of carbonyl (C=O) groups is 1. The zero-order valence-corrected chi connectivity index (χ0v) is 12.8. The maximum Gasteiger partial charge on any atom is 0.325 e. The smallest absolute Gasteiger partial charge is 0.325 e. The first-order valence-corrected chi connectivity index (χ1v) is 7.08. The topological polar surface area (TPSA) is 52.6 Å². The third-order valence-electron chi connectivity index (χ3n) is 3.12. The summed E-state index contributed by atoms with van der Waals surface area (Å²) < 4.78 is 0. The fourth-order valence-electron chi connectivity index (χ4n) is 2.40. The van der Waals surface area contributed by atoms with Gasteiger partial charge in [-0.15, -0.1) is 0 Å². The van der Waals surface area contributed by atoms with Crippen LogP contribution in [0.15, 0.2) is 30.3 Å². The van der Waals surface area contributed by atoms with Gasteiger partial charge >= 0.3 is 5.97 Å². The van der Waals surface area contributed by atoms with Gasteiger partial charge in [-0.3, -0.25) is 10.1 Å². The fourth-order valence-corrected chi connectivity index (χ4v) is 2.40. The van der Waals surface area contributed by atoms with Crippen LogP contribution in [0.2, 0.25) is 0 Å². The van der Waals surface area contributed by atoms with Crippen LogP contribution in [0.1, 0.15) is 31.9 Å². The lowest BCUT2D eigenvalue weighted by molar-refractivity contribution is -0.140. The third-order valence-corrected chi connectivity index (χ3v) is 3.12. The first-order valence-electron chi connectivity index (χ1n) is 7.08. The summed E-state index contributed by atoms with van der Waals surface area (Å²) in [5.41, 5.74) is 0.799. The van der Waals surface area contributed by atoms with Gasteiger partial charge < -0.3 is 10.0 Å². The molecule has 0 saturated heterocycles. The van der Waals surface area contributed by atoms with Crippen molar-refractivity contribution >= 4 is 5.97 Å². The molecule has 0 aliphatic heterocycles. The molecule has 0 saturated carbocycles. The molecule has 1 aromatic carbocycles. The van der Waals surface area contributed by atoms with Crippen LogP contribution >= 0.6 is 0 Å². The highest BCUT2D eigenvalue weighted by Crippen LogP contribution is 2.16. The highest BCUT2D eigenvalue weighted by molar-refractivity contribution is 5.75. The predicted octanol–water partition coefficient (Wildman–Crippen LogP) is 2.38. The van der Waals surface area contributed by atoms with Crippen LogP contribution in [0.3, 0.4) is 0 Å². The minimum atomic E-state index is -0.830. The largest absolute Gasteiger partial charge is 0.480 e. The molecule has 4 heteroatoms. The Kier molecular flexibility index (Phi) is 6.68. The molecule has 0 aliphatic rings. The van der Waals surface area contributed by atoms with Crippen LogP contribution in [0.5, 0.6) is 0 Å². The SMILES string of the molecule is CC(C)CC(CN(C)C)NC(C(=O)O)c1ccccc1. The average Bonchev–Trinajstić information content (AvgIpc) is 2.35. The van der Waals surface area contributed by atoms with Crippen LogP contribution in [0.4, 0.5) is 0 Å². The average molecular weight is 278 g/mol. The Morgan fingerprint density at radius 2 is 1.85 bits per heavy atom. The molecule has 0 fully saturated rings. The molecule has 0 aromatic heterocycles. The molecule has 1 aromatic rings. The van der Waals surface area contributed by atoms with Crippen molar-refractivity contribution in [2.24, 2.45) is 5.92 Å². The second-order valence-electron chi connectivity index (χ2n) is 5.94. The van der Waals surface area contributed by atoms with Crippen LogP contribution in [-0.4, -0.2) is 42.7 Å². The monoisotopic (exact) mass is 278 g/mol. The summed E-state index contributed by atoms with van der Waals surface area (Å²) >= 11 is 0. The quantitative estimate of drug-likeness (QED) is 0.766. The van der Waals surface area contributed by atoms with E-state index < -0.39 is 12.0 Å². The third kappa shape index (κ3) is 5.72. The van der Waals surface area contributed by atoms with Gasteiger partial charge in [-0.25, -0.2) is 0 Å². The van der Waals surface area contributed by atoms with Crippen molar-refractivity contribution in [3.8, 4) is 0 Å². The Labute approximate surface area is 121 Å². The number of benzene rings is 1. The van der Waals surface area contributed by atoms with Gasteiger partial charge in [0, 0.05) is 12.6 Å². The van der Waals surface area contributed by atoms with Crippen molar-refractivity contribution in [2.75, 3.05) is 20.6 Å². The zero-order valence-electron chi connectivity index (χ0n) is 12.8. The number of aliphatic carboxylic acids is 1. The summed E-state index contributed by atoms with van der Waals surface area (Å²) in [5, 5.41) is 12.8. The van der Waals surface area contributed by atoms with Crippen molar-refractivity contribution in [2.45, 2.75) is 32.4 Å². The second kappa shape index (κ2) is 8.02. The fraction of sp³-hybridized carbons (Fsp3) is 0.562. The van der Waals surface area contributed by atoms with E-state index in [-0.39, 0.29) is 6.04 Å². The Bertz CT molecular complexity index is 394. The molecular formula is C16H26N2O2. The van der Waals surface area contributed by atoms with E-state index in [1.165, 1.54) is 0 Å². The maximum absolute atomic E-state index is 11.5. The van der Waals surface area contributed by atoms with E-state index in [0.717, 1.165) is 18.5 Å². The van der Waals surface area contributed by atoms with Gasteiger partial charge in [0.05, 0.1) is 0 Å². The van der Waals surface area contributed by atoms with Gasteiger partial charge in [0.2, 0.25) is 0 Å². The number of carboxylic acid groups (broad SMARTS) is 1. The first kappa shape index (κ1) is 16.7. The molecule has 0 bridgehead atoms. The van der Waals surface area contributed by atoms with Crippen LogP contribution in [0.25, 0.3) is 0 Å². The van der Waals surface area contributed by atoms with E-state index in [0.29, 0.717) is 5.92 Å². The minimum Gasteiger partial charge on any atom is -0.480 e. The standard InChI is InChI=1S/C16H26N2O2/c1-12(2)10-14(11-18(3)4)17-15(16(19)20)13-8-6-5-7-9-13/h5-9,12,14-15,17H,10-11H2,1-4H3,(H,19,20). The Hall–Kier alpha value is -1.39.